The fraction of sp³-hybridized carbons (Fsp3) is 0.571. The van der Waals surface area contributed by atoms with Crippen molar-refractivity contribution >= 4 is 11.6 Å². The van der Waals surface area contributed by atoms with Gasteiger partial charge in [0.2, 0.25) is 0 Å². The molecule has 2 heterocycles. The van der Waals surface area contributed by atoms with Gasteiger partial charge in [-0.25, -0.2) is 4.98 Å². The number of hydrogen-bond donors (Lipinski definition) is 1. The third-order valence-electron chi connectivity index (χ3n) is 3.27. The molecule has 98 valence electrons. The van der Waals surface area contributed by atoms with Crippen molar-refractivity contribution in [1.82, 2.24) is 10.3 Å². The Morgan fingerprint density at radius 1 is 1.39 bits per heavy atom. The summed E-state index contributed by atoms with van der Waals surface area (Å²) < 4.78 is 0. The van der Waals surface area contributed by atoms with Crippen LogP contribution >= 0.6 is 0 Å². The quantitative estimate of drug-likeness (QED) is 0.811. The molecule has 0 spiro atoms. The molecule has 0 unspecified atom stereocenters. The van der Waals surface area contributed by atoms with Crippen LogP contribution < -0.4 is 10.2 Å². The van der Waals surface area contributed by atoms with Crippen LogP contribution in [0.2, 0.25) is 0 Å². The number of pyridine rings is 1. The number of anilines is 1. The largest absolute Gasteiger partial charge is 0.370 e. The molecule has 1 fully saturated rings. The van der Waals surface area contributed by atoms with E-state index in [1.54, 1.807) is 6.20 Å². The minimum Gasteiger partial charge on any atom is -0.370 e. The van der Waals surface area contributed by atoms with Gasteiger partial charge in [-0.3, -0.25) is 4.79 Å². The molecule has 0 saturated carbocycles. The molecule has 1 aromatic heterocycles. The molecule has 1 saturated heterocycles. The number of amides is 1. The van der Waals surface area contributed by atoms with Crippen LogP contribution in [-0.4, -0.2) is 30.5 Å². The minimum atomic E-state index is -0.0728. The zero-order valence-electron chi connectivity index (χ0n) is 11.0. The standard InChI is InChI=1S/C14H21N3O/c1-2-3-8-15-14(18)13-7-6-12(11-16-13)17-9-4-5-10-17/h6-7,11H,2-5,8-10H2,1H3,(H,15,18). The van der Waals surface area contributed by atoms with Crippen LogP contribution in [0.5, 0.6) is 0 Å². The SMILES string of the molecule is CCCCNC(=O)c1ccc(N2CCCC2)cn1. The third kappa shape index (κ3) is 3.22. The summed E-state index contributed by atoms with van der Waals surface area (Å²) in [6.45, 7) is 5.04. The van der Waals surface area contributed by atoms with E-state index in [1.807, 2.05) is 12.1 Å². The Bertz CT molecular complexity index is 383. The van der Waals surface area contributed by atoms with Gasteiger partial charge in [-0.1, -0.05) is 13.3 Å². The van der Waals surface area contributed by atoms with Crippen LogP contribution in [0.15, 0.2) is 18.3 Å². The van der Waals surface area contributed by atoms with Crippen molar-refractivity contribution in [2.45, 2.75) is 32.6 Å². The highest BCUT2D eigenvalue weighted by atomic mass is 16.1. The Labute approximate surface area is 108 Å². The Hall–Kier alpha value is -1.58. The zero-order valence-corrected chi connectivity index (χ0v) is 11.0. The second-order valence-corrected chi connectivity index (χ2v) is 4.71. The molecule has 0 radical (unpaired) electrons. The van der Waals surface area contributed by atoms with Gasteiger partial charge in [-0.2, -0.15) is 0 Å². The van der Waals surface area contributed by atoms with Crippen molar-refractivity contribution < 1.29 is 4.79 Å². The number of aromatic nitrogens is 1. The highest BCUT2D eigenvalue weighted by Gasteiger charge is 2.13. The fourth-order valence-corrected chi connectivity index (χ4v) is 2.15. The lowest BCUT2D eigenvalue weighted by atomic mass is 10.3. The molecule has 1 amide bonds. The monoisotopic (exact) mass is 247 g/mol. The van der Waals surface area contributed by atoms with E-state index in [2.05, 4.69) is 22.1 Å². The first-order chi connectivity index (χ1) is 8.81. The molecule has 4 heteroatoms. The second kappa shape index (κ2) is 6.38. The molecule has 1 aliphatic rings. The first-order valence-electron chi connectivity index (χ1n) is 6.80. The van der Waals surface area contributed by atoms with Gasteiger partial charge in [-0.15, -0.1) is 0 Å². The predicted molar refractivity (Wildman–Crippen MR) is 72.9 cm³/mol. The van der Waals surface area contributed by atoms with Crippen LogP contribution in [0.25, 0.3) is 0 Å². The van der Waals surface area contributed by atoms with Crippen molar-refractivity contribution in [3.05, 3.63) is 24.0 Å². The summed E-state index contributed by atoms with van der Waals surface area (Å²) in [4.78, 5) is 18.3. The summed E-state index contributed by atoms with van der Waals surface area (Å²) in [5.41, 5.74) is 1.63. The lowest BCUT2D eigenvalue weighted by molar-refractivity contribution is 0.0948. The molecule has 18 heavy (non-hydrogen) atoms. The lowest BCUT2D eigenvalue weighted by Gasteiger charge is -2.16. The molecular weight excluding hydrogens is 226 g/mol. The molecule has 1 aromatic rings. The third-order valence-corrected chi connectivity index (χ3v) is 3.27. The maximum atomic E-state index is 11.8. The van der Waals surface area contributed by atoms with E-state index in [4.69, 9.17) is 0 Å². The van der Waals surface area contributed by atoms with E-state index in [1.165, 1.54) is 12.8 Å². The first kappa shape index (κ1) is 12.9. The van der Waals surface area contributed by atoms with Crippen LogP contribution in [-0.2, 0) is 0 Å². The lowest BCUT2D eigenvalue weighted by Crippen LogP contribution is -2.25. The Balaban J connectivity index is 1.92. The summed E-state index contributed by atoms with van der Waals surface area (Å²) >= 11 is 0. The zero-order chi connectivity index (χ0) is 12.8. The summed E-state index contributed by atoms with van der Waals surface area (Å²) in [7, 11) is 0. The topological polar surface area (TPSA) is 45.2 Å². The average molecular weight is 247 g/mol. The van der Waals surface area contributed by atoms with Crippen LogP contribution in [0.3, 0.4) is 0 Å². The van der Waals surface area contributed by atoms with Gasteiger partial charge in [0.25, 0.3) is 5.91 Å². The molecular formula is C14H21N3O. The normalized spacial score (nSPS) is 14.8. The molecule has 0 atom stereocenters. The molecule has 1 aliphatic heterocycles. The van der Waals surface area contributed by atoms with Crippen LogP contribution in [0.1, 0.15) is 43.1 Å². The number of rotatable bonds is 5. The number of nitrogens with zero attached hydrogens (tertiary/aromatic N) is 2. The van der Waals surface area contributed by atoms with Gasteiger partial charge in [0, 0.05) is 19.6 Å². The Morgan fingerprint density at radius 2 is 2.17 bits per heavy atom. The van der Waals surface area contributed by atoms with Gasteiger partial charge in [0.05, 0.1) is 11.9 Å². The predicted octanol–water partition coefficient (Wildman–Crippen LogP) is 2.21. The highest BCUT2D eigenvalue weighted by Crippen LogP contribution is 2.18. The van der Waals surface area contributed by atoms with Crippen molar-refractivity contribution in [1.29, 1.82) is 0 Å². The van der Waals surface area contributed by atoms with E-state index in [9.17, 15) is 4.79 Å². The summed E-state index contributed by atoms with van der Waals surface area (Å²) in [5.74, 6) is -0.0728. The average Bonchev–Trinajstić information content (AvgIpc) is 2.93. The summed E-state index contributed by atoms with van der Waals surface area (Å²) in [5, 5.41) is 2.87. The summed E-state index contributed by atoms with van der Waals surface area (Å²) in [6.07, 6.45) is 6.40. The van der Waals surface area contributed by atoms with Gasteiger partial charge in [-0.05, 0) is 31.4 Å². The smallest absolute Gasteiger partial charge is 0.269 e. The fourth-order valence-electron chi connectivity index (χ4n) is 2.15. The van der Waals surface area contributed by atoms with Crippen molar-refractivity contribution in [3.63, 3.8) is 0 Å². The Morgan fingerprint density at radius 3 is 2.78 bits per heavy atom. The van der Waals surface area contributed by atoms with Gasteiger partial charge >= 0.3 is 0 Å². The number of carbonyl (C=O) groups is 1. The molecule has 0 bridgehead atoms. The number of nitrogens with one attached hydrogen (secondary N) is 1. The van der Waals surface area contributed by atoms with Gasteiger partial charge < -0.3 is 10.2 Å². The van der Waals surface area contributed by atoms with Crippen molar-refractivity contribution in [2.75, 3.05) is 24.5 Å². The number of hydrogen-bond acceptors (Lipinski definition) is 3. The van der Waals surface area contributed by atoms with Crippen molar-refractivity contribution in [2.24, 2.45) is 0 Å². The maximum Gasteiger partial charge on any atom is 0.269 e. The maximum absolute atomic E-state index is 11.8. The minimum absolute atomic E-state index is 0.0728. The van der Waals surface area contributed by atoms with Gasteiger partial charge in [0.1, 0.15) is 5.69 Å². The van der Waals surface area contributed by atoms with Crippen LogP contribution in [0, 0.1) is 0 Å². The molecule has 0 aliphatic carbocycles. The number of carbonyl (C=O) groups excluding carboxylic acids is 1. The van der Waals surface area contributed by atoms with E-state index < -0.39 is 0 Å². The van der Waals surface area contributed by atoms with E-state index in [0.29, 0.717) is 5.69 Å². The first-order valence-corrected chi connectivity index (χ1v) is 6.80. The van der Waals surface area contributed by atoms with Gasteiger partial charge in [0.15, 0.2) is 0 Å². The molecule has 4 nitrogen and oxygen atoms in total. The molecule has 0 aromatic carbocycles. The van der Waals surface area contributed by atoms with Crippen molar-refractivity contribution in [3.8, 4) is 0 Å². The number of unbranched alkanes of at least 4 members (excludes halogenated alkanes) is 1. The van der Waals surface area contributed by atoms with Crippen LogP contribution in [0.4, 0.5) is 5.69 Å². The molecule has 1 N–H and O–H groups in total. The summed E-state index contributed by atoms with van der Waals surface area (Å²) in [6, 6.07) is 3.81. The van der Waals surface area contributed by atoms with E-state index in [-0.39, 0.29) is 5.91 Å². The molecule has 2 rings (SSSR count). The van der Waals surface area contributed by atoms with E-state index >= 15 is 0 Å². The van der Waals surface area contributed by atoms with E-state index in [0.717, 1.165) is 38.2 Å². The second-order valence-electron chi connectivity index (χ2n) is 4.71. The Kier molecular flexibility index (Phi) is 4.56. The highest BCUT2D eigenvalue weighted by molar-refractivity contribution is 5.92.